The maximum atomic E-state index is 14.1. The molecule has 3 aromatic carbocycles. The molecule has 6 nitrogen and oxygen atoms in total. The van der Waals surface area contributed by atoms with Gasteiger partial charge in [-0.05, 0) is 30.7 Å². The molecule has 35 heavy (non-hydrogen) atoms. The van der Waals surface area contributed by atoms with Crippen molar-refractivity contribution in [2.75, 3.05) is 19.1 Å². The van der Waals surface area contributed by atoms with Gasteiger partial charge in [0, 0.05) is 17.8 Å². The van der Waals surface area contributed by atoms with Crippen LogP contribution in [0.1, 0.15) is 22.7 Å². The predicted octanol–water partition coefficient (Wildman–Crippen LogP) is 5.57. The number of methoxy groups -OCH3 is 2. The third-order valence-electron chi connectivity index (χ3n) is 5.71. The third kappa shape index (κ3) is 4.21. The maximum Gasteiger partial charge on any atom is 0.300 e. The minimum Gasteiger partial charge on any atom is -0.507 e. The molecule has 9 heteroatoms. The molecule has 1 heterocycles. The number of ketones is 1. The molecule has 0 saturated carbocycles. The van der Waals surface area contributed by atoms with E-state index in [1.807, 2.05) is 13.0 Å². The molecule has 1 atom stereocenters. The molecule has 1 aliphatic heterocycles. The van der Waals surface area contributed by atoms with Crippen LogP contribution in [0.2, 0.25) is 5.02 Å². The molecule has 1 aliphatic rings. The van der Waals surface area contributed by atoms with Gasteiger partial charge >= 0.3 is 0 Å². The maximum absolute atomic E-state index is 14.1. The Labute approximate surface area is 205 Å². The van der Waals surface area contributed by atoms with Crippen LogP contribution >= 0.6 is 11.6 Å². The van der Waals surface area contributed by atoms with Crippen molar-refractivity contribution in [3.05, 3.63) is 93.5 Å². The van der Waals surface area contributed by atoms with Crippen molar-refractivity contribution in [1.29, 1.82) is 0 Å². The lowest BCUT2D eigenvalue weighted by Crippen LogP contribution is -2.29. The summed E-state index contributed by atoms with van der Waals surface area (Å²) in [6, 6.07) is 11.5. The molecule has 0 bridgehead atoms. The van der Waals surface area contributed by atoms with Gasteiger partial charge < -0.3 is 14.6 Å². The smallest absolute Gasteiger partial charge is 0.300 e. The Balaban J connectivity index is 2.00. The van der Waals surface area contributed by atoms with Crippen LogP contribution in [0.4, 0.5) is 14.5 Å². The summed E-state index contributed by atoms with van der Waals surface area (Å²) in [5.74, 6) is -4.42. The van der Waals surface area contributed by atoms with Crippen LogP contribution < -0.4 is 14.4 Å². The Kier molecular flexibility index (Phi) is 6.49. The van der Waals surface area contributed by atoms with Gasteiger partial charge in [0.15, 0.2) is 11.6 Å². The summed E-state index contributed by atoms with van der Waals surface area (Å²) in [6.45, 7) is 1.82. The standard InChI is InChI=1S/C26H20ClF2NO5/c1-13-5-4-6-14(9-13)23-22(24(31)16-11-17(27)21(35-3)12-20(16)34-2)25(32)26(33)30(23)15-7-8-18(28)19(29)10-15/h4-12,23,31H,1-3H3/b24-22+. The van der Waals surface area contributed by atoms with E-state index in [9.17, 15) is 23.5 Å². The molecule has 0 radical (unpaired) electrons. The molecule has 1 fully saturated rings. The largest absolute Gasteiger partial charge is 0.507 e. The Hall–Kier alpha value is -3.91. The zero-order valence-corrected chi connectivity index (χ0v) is 19.7. The van der Waals surface area contributed by atoms with Crippen molar-refractivity contribution in [3.63, 3.8) is 0 Å². The van der Waals surface area contributed by atoms with Crippen LogP contribution in [0.3, 0.4) is 0 Å². The fourth-order valence-electron chi connectivity index (χ4n) is 4.08. The van der Waals surface area contributed by atoms with Gasteiger partial charge in [0.2, 0.25) is 0 Å². The van der Waals surface area contributed by atoms with Crippen LogP contribution in [0.15, 0.2) is 60.2 Å². The van der Waals surface area contributed by atoms with Gasteiger partial charge in [-0.25, -0.2) is 8.78 Å². The number of aliphatic hydroxyl groups excluding tert-OH is 1. The highest BCUT2D eigenvalue weighted by Crippen LogP contribution is 2.45. The minimum absolute atomic E-state index is 0.0451. The summed E-state index contributed by atoms with van der Waals surface area (Å²) in [5.41, 5.74) is 1.05. The summed E-state index contributed by atoms with van der Waals surface area (Å²) < 4.78 is 38.2. The van der Waals surface area contributed by atoms with E-state index in [0.29, 0.717) is 5.56 Å². The molecule has 0 aliphatic carbocycles. The van der Waals surface area contributed by atoms with E-state index in [0.717, 1.165) is 22.6 Å². The van der Waals surface area contributed by atoms with E-state index in [1.165, 1.54) is 32.4 Å². The van der Waals surface area contributed by atoms with E-state index in [-0.39, 0.29) is 33.3 Å². The first-order valence-electron chi connectivity index (χ1n) is 10.4. The Morgan fingerprint density at radius 1 is 0.971 bits per heavy atom. The highest BCUT2D eigenvalue weighted by Gasteiger charge is 2.47. The molecule has 0 spiro atoms. The number of nitrogens with zero attached hydrogens (tertiary/aromatic N) is 1. The molecule has 4 rings (SSSR count). The molecule has 1 amide bonds. The molecule has 180 valence electrons. The number of hydrogen-bond donors (Lipinski definition) is 1. The second-order valence-corrected chi connectivity index (χ2v) is 8.28. The first kappa shape index (κ1) is 24.2. The van der Waals surface area contributed by atoms with Gasteiger partial charge in [0.25, 0.3) is 11.7 Å². The van der Waals surface area contributed by atoms with E-state index < -0.39 is 35.1 Å². The van der Waals surface area contributed by atoms with Crippen LogP contribution in [0.5, 0.6) is 11.5 Å². The Morgan fingerprint density at radius 2 is 1.69 bits per heavy atom. The van der Waals surface area contributed by atoms with Crippen LogP contribution in [0, 0.1) is 18.6 Å². The first-order valence-corrected chi connectivity index (χ1v) is 10.8. The zero-order valence-electron chi connectivity index (χ0n) is 18.9. The van der Waals surface area contributed by atoms with Crippen molar-refractivity contribution < 1.29 is 33.0 Å². The lowest BCUT2D eigenvalue weighted by Gasteiger charge is -2.26. The average Bonchev–Trinajstić information content (AvgIpc) is 3.10. The molecule has 1 saturated heterocycles. The monoisotopic (exact) mass is 499 g/mol. The van der Waals surface area contributed by atoms with Crippen molar-refractivity contribution in [1.82, 2.24) is 0 Å². The first-order chi connectivity index (χ1) is 16.7. The second-order valence-electron chi connectivity index (χ2n) is 7.87. The molecular weight excluding hydrogens is 480 g/mol. The van der Waals surface area contributed by atoms with Crippen LogP contribution in [0.25, 0.3) is 5.76 Å². The lowest BCUT2D eigenvalue weighted by atomic mass is 9.94. The van der Waals surface area contributed by atoms with E-state index in [2.05, 4.69) is 0 Å². The van der Waals surface area contributed by atoms with Crippen molar-refractivity contribution in [2.45, 2.75) is 13.0 Å². The summed E-state index contributed by atoms with van der Waals surface area (Å²) in [4.78, 5) is 27.5. The number of anilines is 1. The fourth-order valence-corrected chi connectivity index (χ4v) is 4.32. The lowest BCUT2D eigenvalue weighted by molar-refractivity contribution is -0.132. The SMILES string of the molecule is COc1cc(OC)c(/C(O)=C2\C(=O)C(=O)N(c3ccc(F)c(F)c3)C2c2cccc(C)c2)cc1Cl. The summed E-state index contributed by atoms with van der Waals surface area (Å²) in [5, 5.41) is 11.5. The molecule has 1 N–H and O–H groups in total. The summed E-state index contributed by atoms with van der Waals surface area (Å²) >= 11 is 6.25. The third-order valence-corrected chi connectivity index (χ3v) is 6.01. The fraction of sp³-hybridized carbons (Fsp3) is 0.154. The van der Waals surface area contributed by atoms with E-state index >= 15 is 0 Å². The number of ether oxygens (including phenoxy) is 2. The molecule has 0 aromatic heterocycles. The number of benzene rings is 3. The molecule has 1 unspecified atom stereocenters. The number of Topliss-reactive ketones (excluding diaryl/α,β-unsaturated/α-hetero) is 1. The minimum atomic E-state index is -1.18. The normalized spacial score (nSPS) is 17.1. The zero-order chi connectivity index (χ0) is 25.4. The van der Waals surface area contributed by atoms with Gasteiger partial charge in [-0.3, -0.25) is 14.5 Å². The van der Waals surface area contributed by atoms with Crippen molar-refractivity contribution >= 4 is 34.7 Å². The van der Waals surface area contributed by atoms with Crippen LogP contribution in [-0.2, 0) is 9.59 Å². The van der Waals surface area contributed by atoms with Gasteiger partial charge in [-0.1, -0.05) is 41.4 Å². The van der Waals surface area contributed by atoms with Crippen LogP contribution in [-0.4, -0.2) is 31.0 Å². The number of amides is 1. The predicted molar refractivity (Wildman–Crippen MR) is 127 cm³/mol. The Morgan fingerprint density at radius 3 is 2.31 bits per heavy atom. The summed E-state index contributed by atoms with van der Waals surface area (Å²) in [7, 11) is 2.77. The van der Waals surface area contributed by atoms with E-state index in [1.54, 1.807) is 18.2 Å². The highest BCUT2D eigenvalue weighted by atomic mass is 35.5. The van der Waals surface area contributed by atoms with Crippen molar-refractivity contribution in [2.24, 2.45) is 0 Å². The topological polar surface area (TPSA) is 76.1 Å². The average molecular weight is 500 g/mol. The number of carbonyl (C=O) groups excluding carboxylic acids is 2. The van der Waals surface area contributed by atoms with Crippen molar-refractivity contribution in [3.8, 4) is 11.5 Å². The number of aliphatic hydroxyl groups is 1. The highest BCUT2D eigenvalue weighted by molar-refractivity contribution is 6.51. The second kappa shape index (κ2) is 9.38. The quantitative estimate of drug-likeness (QED) is 0.282. The number of aryl methyl sites for hydroxylation is 1. The summed E-state index contributed by atoms with van der Waals surface area (Å²) in [6.07, 6.45) is 0. The number of rotatable bonds is 5. The number of hydrogen-bond acceptors (Lipinski definition) is 5. The van der Waals surface area contributed by atoms with Gasteiger partial charge in [-0.15, -0.1) is 0 Å². The van der Waals surface area contributed by atoms with Gasteiger partial charge in [0.1, 0.15) is 17.3 Å². The molecule has 3 aromatic rings. The molecular formula is C26H20ClF2NO5. The Bertz CT molecular complexity index is 1390. The van der Waals surface area contributed by atoms with Gasteiger partial charge in [-0.2, -0.15) is 0 Å². The number of halogens is 3. The van der Waals surface area contributed by atoms with Gasteiger partial charge in [0.05, 0.1) is 36.4 Å². The van der Waals surface area contributed by atoms with E-state index in [4.69, 9.17) is 21.1 Å². The number of carbonyl (C=O) groups is 2.